The van der Waals surface area contributed by atoms with E-state index in [0.29, 0.717) is 30.3 Å². The molecule has 0 aliphatic heterocycles. The number of hydrogen-bond acceptors (Lipinski definition) is 4. The maximum Gasteiger partial charge on any atom is 0.243 e. The molecule has 0 aromatic heterocycles. The quantitative estimate of drug-likeness (QED) is 0.735. The molecule has 1 amide bonds. The standard InChI is InChI=1S/C17H19FN2O3/c1-22-10-11-23-14-8-6-13(7-9-14)20-17(21)12-19-16-5-3-2-4-15(16)18/h2-9,19H,10-12H2,1H3,(H,20,21). The van der Waals surface area contributed by atoms with Crippen molar-refractivity contribution in [2.24, 2.45) is 0 Å². The summed E-state index contributed by atoms with van der Waals surface area (Å²) in [6.07, 6.45) is 0. The number of amides is 1. The van der Waals surface area contributed by atoms with E-state index in [1.54, 1.807) is 49.6 Å². The van der Waals surface area contributed by atoms with Crippen molar-refractivity contribution in [1.82, 2.24) is 0 Å². The first-order chi connectivity index (χ1) is 11.2. The molecule has 5 nitrogen and oxygen atoms in total. The van der Waals surface area contributed by atoms with Gasteiger partial charge in [-0.3, -0.25) is 4.79 Å². The van der Waals surface area contributed by atoms with Crippen LogP contribution in [0.3, 0.4) is 0 Å². The highest BCUT2D eigenvalue weighted by atomic mass is 19.1. The average Bonchev–Trinajstić information content (AvgIpc) is 2.56. The number of hydrogen-bond donors (Lipinski definition) is 2. The third-order valence-electron chi connectivity index (χ3n) is 3.01. The third kappa shape index (κ3) is 5.60. The van der Waals surface area contributed by atoms with Crippen LogP contribution < -0.4 is 15.4 Å². The molecular formula is C17H19FN2O3. The van der Waals surface area contributed by atoms with E-state index in [0.717, 1.165) is 0 Å². The normalized spacial score (nSPS) is 10.2. The molecule has 23 heavy (non-hydrogen) atoms. The lowest BCUT2D eigenvalue weighted by molar-refractivity contribution is -0.114. The fraction of sp³-hybridized carbons (Fsp3) is 0.235. The molecule has 0 aliphatic carbocycles. The van der Waals surface area contributed by atoms with Crippen molar-refractivity contribution in [1.29, 1.82) is 0 Å². The lowest BCUT2D eigenvalue weighted by atomic mass is 10.3. The van der Waals surface area contributed by atoms with Crippen molar-refractivity contribution in [3.05, 3.63) is 54.3 Å². The van der Waals surface area contributed by atoms with Gasteiger partial charge in [0.25, 0.3) is 0 Å². The molecule has 2 N–H and O–H groups in total. The summed E-state index contributed by atoms with van der Waals surface area (Å²) in [5.41, 5.74) is 0.939. The zero-order chi connectivity index (χ0) is 16.5. The molecule has 0 fully saturated rings. The second kappa shape index (κ2) is 8.75. The number of carbonyl (C=O) groups is 1. The molecule has 0 unspecified atom stereocenters. The Morgan fingerprint density at radius 1 is 1.09 bits per heavy atom. The number of carbonyl (C=O) groups excluding carboxylic acids is 1. The number of nitrogens with one attached hydrogen (secondary N) is 2. The van der Waals surface area contributed by atoms with Gasteiger partial charge in [-0.15, -0.1) is 0 Å². The van der Waals surface area contributed by atoms with Gasteiger partial charge in [-0.05, 0) is 36.4 Å². The number of halogens is 1. The van der Waals surface area contributed by atoms with Crippen LogP contribution in [0.15, 0.2) is 48.5 Å². The molecule has 0 atom stereocenters. The second-order valence-electron chi connectivity index (χ2n) is 4.75. The minimum absolute atomic E-state index is 0.0208. The highest BCUT2D eigenvalue weighted by Crippen LogP contribution is 2.16. The smallest absolute Gasteiger partial charge is 0.243 e. The molecule has 2 rings (SSSR count). The molecule has 2 aromatic rings. The van der Waals surface area contributed by atoms with E-state index in [1.165, 1.54) is 6.07 Å². The van der Waals surface area contributed by atoms with E-state index in [1.807, 2.05) is 0 Å². The van der Waals surface area contributed by atoms with Gasteiger partial charge in [0.05, 0.1) is 18.8 Å². The van der Waals surface area contributed by atoms with Crippen LogP contribution in [-0.2, 0) is 9.53 Å². The summed E-state index contributed by atoms with van der Waals surface area (Å²) < 4.78 is 23.8. The zero-order valence-corrected chi connectivity index (χ0v) is 12.8. The van der Waals surface area contributed by atoms with E-state index < -0.39 is 5.82 Å². The van der Waals surface area contributed by atoms with E-state index in [2.05, 4.69) is 10.6 Å². The van der Waals surface area contributed by atoms with Crippen molar-refractivity contribution in [3.8, 4) is 5.75 Å². The largest absolute Gasteiger partial charge is 0.491 e. The number of rotatable bonds is 8. The molecule has 6 heteroatoms. The summed E-state index contributed by atoms with van der Waals surface area (Å²) in [5.74, 6) is 0.0451. The summed E-state index contributed by atoms with van der Waals surface area (Å²) in [5, 5.41) is 5.48. The lowest BCUT2D eigenvalue weighted by Crippen LogP contribution is -2.22. The Labute approximate surface area is 134 Å². The Balaban J connectivity index is 1.80. The Kier molecular flexibility index (Phi) is 6.38. The van der Waals surface area contributed by atoms with Crippen LogP contribution in [0.4, 0.5) is 15.8 Å². The number of para-hydroxylation sites is 1. The summed E-state index contributed by atoms with van der Waals surface area (Å²) in [6.45, 7) is 0.960. The molecule has 0 saturated heterocycles. The number of anilines is 2. The van der Waals surface area contributed by atoms with Crippen LogP contribution in [0.1, 0.15) is 0 Å². The van der Waals surface area contributed by atoms with E-state index >= 15 is 0 Å². The summed E-state index contributed by atoms with van der Waals surface area (Å²) >= 11 is 0. The van der Waals surface area contributed by atoms with Gasteiger partial charge in [0.15, 0.2) is 0 Å². The monoisotopic (exact) mass is 318 g/mol. The molecule has 0 heterocycles. The van der Waals surface area contributed by atoms with Gasteiger partial charge in [-0.1, -0.05) is 12.1 Å². The Hall–Kier alpha value is -2.60. The van der Waals surface area contributed by atoms with Gasteiger partial charge < -0.3 is 20.1 Å². The fourth-order valence-corrected chi connectivity index (χ4v) is 1.86. The summed E-state index contributed by atoms with van der Waals surface area (Å²) in [7, 11) is 1.61. The first kappa shape index (κ1) is 16.8. The Bertz CT molecular complexity index is 632. The minimum Gasteiger partial charge on any atom is -0.491 e. The van der Waals surface area contributed by atoms with Gasteiger partial charge in [-0.25, -0.2) is 4.39 Å². The molecule has 0 bridgehead atoms. The molecule has 0 saturated carbocycles. The van der Waals surface area contributed by atoms with Crippen molar-refractivity contribution in [2.45, 2.75) is 0 Å². The maximum atomic E-state index is 13.4. The first-order valence-electron chi connectivity index (χ1n) is 7.19. The van der Waals surface area contributed by atoms with Crippen LogP contribution >= 0.6 is 0 Å². The fourth-order valence-electron chi connectivity index (χ4n) is 1.86. The third-order valence-corrected chi connectivity index (χ3v) is 3.01. The molecule has 0 radical (unpaired) electrons. The lowest BCUT2D eigenvalue weighted by Gasteiger charge is -2.09. The molecule has 122 valence electrons. The SMILES string of the molecule is COCCOc1ccc(NC(=O)CNc2ccccc2F)cc1. The Morgan fingerprint density at radius 2 is 1.83 bits per heavy atom. The highest BCUT2D eigenvalue weighted by Gasteiger charge is 2.05. The molecule has 2 aromatic carbocycles. The van der Waals surface area contributed by atoms with Crippen LogP contribution in [0.2, 0.25) is 0 Å². The second-order valence-corrected chi connectivity index (χ2v) is 4.75. The molecule has 0 aliphatic rings. The molecule has 0 spiro atoms. The predicted molar refractivity (Wildman–Crippen MR) is 87.3 cm³/mol. The van der Waals surface area contributed by atoms with Crippen molar-refractivity contribution in [2.75, 3.05) is 37.5 Å². The van der Waals surface area contributed by atoms with Gasteiger partial charge in [0, 0.05) is 12.8 Å². The Morgan fingerprint density at radius 3 is 2.52 bits per heavy atom. The van der Waals surface area contributed by atoms with E-state index in [-0.39, 0.29) is 12.5 Å². The summed E-state index contributed by atoms with van der Waals surface area (Å²) in [6, 6.07) is 13.2. The minimum atomic E-state index is -0.391. The first-order valence-corrected chi connectivity index (χ1v) is 7.19. The number of ether oxygens (including phenoxy) is 2. The number of benzene rings is 2. The average molecular weight is 318 g/mol. The van der Waals surface area contributed by atoms with Gasteiger partial charge in [0.2, 0.25) is 5.91 Å². The van der Waals surface area contributed by atoms with Gasteiger partial charge in [-0.2, -0.15) is 0 Å². The molecular weight excluding hydrogens is 299 g/mol. The van der Waals surface area contributed by atoms with Crippen molar-refractivity contribution in [3.63, 3.8) is 0 Å². The van der Waals surface area contributed by atoms with Crippen LogP contribution in [0.25, 0.3) is 0 Å². The topological polar surface area (TPSA) is 59.6 Å². The summed E-state index contributed by atoms with van der Waals surface area (Å²) in [4.78, 5) is 11.8. The van der Waals surface area contributed by atoms with Crippen molar-refractivity contribution < 1.29 is 18.7 Å². The maximum absolute atomic E-state index is 13.4. The van der Waals surface area contributed by atoms with Crippen molar-refractivity contribution >= 4 is 17.3 Å². The van der Waals surface area contributed by atoms with Gasteiger partial charge >= 0.3 is 0 Å². The number of methoxy groups -OCH3 is 1. The van der Waals surface area contributed by atoms with Crippen LogP contribution in [0, 0.1) is 5.82 Å². The predicted octanol–water partition coefficient (Wildman–Crippen LogP) is 2.90. The van der Waals surface area contributed by atoms with E-state index in [9.17, 15) is 9.18 Å². The van der Waals surface area contributed by atoms with Crippen LogP contribution in [0.5, 0.6) is 5.75 Å². The van der Waals surface area contributed by atoms with Gasteiger partial charge in [0.1, 0.15) is 18.2 Å². The highest BCUT2D eigenvalue weighted by molar-refractivity contribution is 5.93. The van der Waals surface area contributed by atoms with E-state index in [4.69, 9.17) is 9.47 Å². The van der Waals surface area contributed by atoms with Crippen LogP contribution in [-0.4, -0.2) is 32.8 Å². The zero-order valence-electron chi connectivity index (χ0n) is 12.8.